The summed E-state index contributed by atoms with van der Waals surface area (Å²) in [6.45, 7) is -0.0690. The summed E-state index contributed by atoms with van der Waals surface area (Å²) < 4.78 is 8.25. The quantitative estimate of drug-likeness (QED) is 0.668. The van der Waals surface area contributed by atoms with Crippen molar-refractivity contribution in [1.29, 1.82) is 0 Å². The Hall–Kier alpha value is -2.74. The number of nitrogens with one attached hydrogen (secondary N) is 1. The van der Waals surface area contributed by atoms with Crippen molar-refractivity contribution in [1.82, 2.24) is 20.2 Å². The number of anilines is 1. The lowest BCUT2D eigenvalue weighted by Gasteiger charge is -2.09. The number of nitrogens with zero attached hydrogens (tertiary/aromatic N) is 4. The molecule has 26 heavy (non-hydrogen) atoms. The lowest BCUT2D eigenvalue weighted by atomic mass is 10.2. The third-order valence-electron chi connectivity index (χ3n) is 3.96. The first-order valence-electron chi connectivity index (χ1n) is 8.25. The Morgan fingerprint density at radius 3 is 2.88 bits per heavy atom. The van der Waals surface area contributed by atoms with Crippen LogP contribution in [-0.4, -0.2) is 32.7 Å². The summed E-state index contributed by atoms with van der Waals surface area (Å²) in [7, 11) is 0. The largest absolute Gasteiger partial charge is 0.484 e. The summed E-state index contributed by atoms with van der Waals surface area (Å²) in [5.41, 5.74) is 1.54. The molecule has 0 saturated heterocycles. The first-order valence-corrected chi connectivity index (χ1v) is 9.05. The van der Waals surface area contributed by atoms with Gasteiger partial charge in [-0.2, -0.15) is 0 Å². The van der Waals surface area contributed by atoms with Gasteiger partial charge in [0.25, 0.3) is 5.91 Å². The number of carbonyl (C=O) groups is 1. The van der Waals surface area contributed by atoms with E-state index in [1.807, 2.05) is 47.1 Å². The molecule has 7 nitrogen and oxygen atoms in total. The molecule has 0 spiro atoms. The van der Waals surface area contributed by atoms with Gasteiger partial charge in [0.15, 0.2) is 12.4 Å². The molecular formula is C18H16BrN5O2. The Kier molecular flexibility index (Phi) is 4.66. The molecule has 0 atom stereocenters. The first-order chi connectivity index (χ1) is 12.7. The predicted molar refractivity (Wildman–Crippen MR) is 99.8 cm³/mol. The van der Waals surface area contributed by atoms with Crippen LogP contribution in [0.4, 0.5) is 5.69 Å². The van der Waals surface area contributed by atoms with E-state index in [-0.39, 0.29) is 12.5 Å². The highest BCUT2D eigenvalue weighted by atomic mass is 79.9. The third-order valence-corrected chi connectivity index (χ3v) is 4.45. The van der Waals surface area contributed by atoms with Crippen LogP contribution in [0.15, 0.2) is 53.0 Å². The normalized spacial score (nSPS) is 13.4. The number of hydrogen-bond acceptors (Lipinski definition) is 5. The molecule has 4 rings (SSSR count). The predicted octanol–water partition coefficient (Wildman–Crippen LogP) is 3.46. The zero-order chi connectivity index (χ0) is 17.9. The molecule has 1 aliphatic carbocycles. The number of hydrogen-bond donors (Lipinski definition) is 1. The number of halogens is 1. The second-order valence-electron chi connectivity index (χ2n) is 6.05. The lowest BCUT2D eigenvalue weighted by molar-refractivity contribution is -0.118. The Balaban J connectivity index is 1.42. The van der Waals surface area contributed by atoms with Crippen LogP contribution in [0.3, 0.4) is 0 Å². The van der Waals surface area contributed by atoms with Crippen molar-refractivity contribution >= 4 is 27.5 Å². The standard InChI is InChI=1S/C18H16BrN5O2/c19-13-4-2-6-16(10-13)26-11-17(25)20-14-5-1-3-12(9-14)18-21-22-23-24(18)15-7-8-15/h1-6,9-10,15H,7-8,11H2,(H,20,25). The van der Waals surface area contributed by atoms with Crippen LogP contribution in [0, 0.1) is 0 Å². The summed E-state index contributed by atoms with van der Waals surface area (Å²) >= 11 is 3.37. The Morgan fingerprint density at radius 2 is 2.08 bits per heavy atom. The van der Waals surface area contributed by atoms with Crippen LogP contribution in [0.1, 0.15) is 18.9 Å². The second kappa shape index (κ2) is 7.25. The van der Waals surface area contributed by atoms with Gasteiger partial charge in [-0.05, 0) is 53.6 Å². The summed E-state index contributed by atoms with van der Waals surface area (Å²) in [4.78, 5) is 12.2. The Bertz CT molecular complexity index is 939. The first kappa shape index (κ1) is 16.7. The van der Waals surface area contributed by atoms with Gasteiger partial charge in [-0.1, -0.05) is 34.1 Å². The van der Waals surface area contributed by atoms with Gasteiger partial charge in [0.05, 0.1) is 6.04 Å². The second-order valence-corrected chi connectivity index (χ2v) is 6.97. The molecule has 1 fully saturated rings. The molecule has 1 amide bonds. The van der Waals surface area contributed by atoms with Crippen molar-refractivity contribution in [3.05, 3.63) is 53.0 Å². The highest BCUT2D eigenvalue weighted by molar-refractivity contribution is 9.10. The molecule has 2 aromatic carbocycles. The summed E-state index contributed by atoms with van der Waals surface area (Å²) in [6, 6.07) is 15.2. The summed E-state index contributed by atoms with van der Waals surface area (Å²) in [5.74, 6) is 1.12. The highest BCUT2D eigenvalue weighted by Crippen LogP contribution is 2.36. The maximum absolute atomic E-state index is 12.2. The molecule has 8 heteroatoms. The number of aromatic nitrogens is 4. The number of amides is 1. The lowest BCUT2D eigenvalue weighted by Crippen LogP contribution is -2.20. The van der Waals surface area contributed by atoms with Gasteiger partial charge in [-0.3, -0.25) is 4.79 Å². The van der Waals surface area contributed by atoms with Gasteiger partial charge in [0.2, 0.25) is 0 Å². The highest BCUT2D eigenvalue weighted by Gasteiger charge is 2.28. The smallest absolute Gasteiger partial charge is 0.262 e. The number of carbonyl (C=O) groups excluding carboxylic acids is 1. The zero-order valence-corrected chi connectivity index (χ0v) is 15.4. The van der Waals surface area contributed by atoms with Crippen LogP contribution in [0.2, 0.25) is 0 Å². The van der Waals surface area contributed by atoms with E-state index in [1.165, 1.54) is 0 Å². The summed E-state index contributed by atoms with van der Waals surface area (Å²) in [5, 5.41) is 14.8. The molecule has 0 radical (unpaired) electrons. The van der Waals surface area contributed by atoms with Crippen LogP contribution in [0.5, 0.6) is 5.75 Å². The number of benzene rings is 2. The molecule has 1 aliphatic rings. The van der Waals surface area contributed by atoms with Gasteiger partial charge in [0, 0.05) is 15.7 Å². The van der Waals surface area contributed by atoms with Crippen molar-refractivity contribution < 1.29 is 9.53 Å². The fourth-order valence-electron chi connectivity index (χ4n) is 2.59. The zero-order valence-electron chi connectivity index (χ0n) is 13.8. The molecule has 1 saturated carbocycles. The van der Waals surface area contributed by atoms with Crippen molar-refractivity contribution in [3.8, 4) is 17.1 Å². The van der Waals surface area contributed by atoms with E-state index in [0.717, 1.165) is 22.9 Å². The van der Waals surface area contributed by atoms with E-state index in [4.69, 9.17) is 4.74 Å². The van der Waals surface area contributed by atoms with Crippen LogP contribution in [-0.2, 0) is 4.79 Å². The average Bonchev–Trinajstić information content (AvgIpc) is 3.37. The minimum absolute atomic E-state index is 0.0690. The summed E-state index contributed by atoms with van der Waals surface area (Å²) in [6.07, 6.45) is 2.20. The molecular weight excluding hydrogens is 398 g/mol. The van der Waals surface area contributed by atoms with E-state index in [1.54, 1.807) is 6.07 Å². The minimum Gasteiger partial charge on any atom is -0.484 e. The van der Waals surface area contributed by atoms with E-state index >= 15 is 0 Å². The molecule has 1 N–H and O–H groups in total. The Labute approximate surface area is 158 Å². The van der Waals surface area contributed by atoms with Gasteiger partial charge < -0.3 is 10.1 Å². The monoisotopic (exact) mass is 413 g/mol. The molecule has 0 aliphatic heterocycles. The molecule has 0 bridgehead atoms. The van der Waals surface area contributed by atoms with Crippen molar-refractivity contribution in [2.24, 2.45) is 0 Å². The fourth-order valence-corrected chi connectivity index (χ4v) is 2.97. The molecule has 132 valence electrons. The van der Waals surface area contributed by atoms with Crippen LogP contribution in [0.25, 0.3) is 11.4 Å². The third kappa shape index (κ3) is 3.91. The molecule has 1 heterocycles. The van der Waals surface area contributed by atoms with E-state index in [0.29, 0.717) is 23.3 Å². The maximum Gasteiger partial charge on any atom is 0.262 e. The van der Waals surface area contributed by atoms with Gasteiger partial charge >= 0.3 is 0 Å². The van der Waals surface area contributed by atoms with Crippen LogP contribution < -0.4 is 10.1 Å². The SMILES string of the molecule is O=C(COc1cccc(Br)c1)Nc1cccc(-c2nnnn2C2CC2)c1. The topological polar surface area (TPSA) is 81.9 Å². The molecule has 1 aromatic heterocycles. The molecule has 0 unspecified atom stereocenters. The number of tetrazole rings is 1. The maximum atomic E-state index is 12.2. The van der Waals surface area contributed by atoms with Crippen molar-refractivity contribution in [2.45, 2.75) is 18.9 Å². The number of ether oxygens (including phenoxy) is 1. The van der Waals surface area contributed by atoms with Crippen LogP contribution >= 0.6 is 15.9 Å². The number of rotatable bonds is 6. The van der Waals surface area contributed by atoms with Gasteiger partial charge in [-0.15, -0.1) is 5.10 Å². The van der Waals surface area contributed by atoms with E-state index in [2.05, 4.69) is 36.8 Å². The average molecular weight is 414 g/mol. The fraction of sp³-hybridized carbons (Fsp3) is 0.222. The van der Waals surface area contributed by atoms with E-state index < -0.39 is 0 Å². The van der Waals surface area contributed by atoms with Gasteiger partial charge in [-0.25, -0.2) is 4.68 Å². The van der Waals surface area contributed by atoms with Gasteiger partial charge in [0.1, 0.15) is 5.75 Å². The minimum atomic E-state index is -0.232. The van der Waals surface area contributed by atoms with E-state index in [9.17, 15) is 4.79 Å². The molecule has 3 aromatic rings. The van der Waals surface area contributed by atoms with Crippen molar-refractivity contribution in [2.75, 3.05) is 11.9 Å². The Morgan fingerprint density at radius 1 is 1.23 bits per heavy atom. The van der Waals surface area contributed by atoms with Crippen molar-refractivity contribution in [3.63, 3.8) is 0 Å².